The lowest BCUT2D eigenvalue weighted by molar-refractivity contribution is 0.0921. The predicted molar refractivity (Wildman–Crippen MR) is 87.5 cm³/mol. The normalized spacial score (nSPS) is 16.1. The second-order valence-corrected chi connectivity index (χ2v) is 5.66. The Morgan fingerprint density at radius 2 is 2.12 bits per heavy atom. The molecule has 0 saturated heterocycles. The molecule has 1 aromatic carbocycles. The SMILES string of the molecule is CCOCCOC(=NCC1CC1)NC(=O)c1ccc2c(c1)OCO2. The van der Waals surface area contributed by atoms with E-state index in [1.54, 1.807) is 18.2 Å². The number of amides is 1. The minimum absolute atomic E-state index is 0.176. The van der Waals surface area contributed by atoms with E-state index in [1.807, 2.05) is 6.92 Å². The summed E-state index contributed by atoms with van der Waals surface area (Å²) in [5, 5.41) is 2.72. The van der Waals surface area contributed by atoms with Gasteiger partial charge in [-0.15, -0.1) is 0 Å². The number of carbonyl (C=O) groups is 1. The topological polar surface area (TPSA) is 78.4 Å². The zero-order valence-corrected chi connectivity index (χ0v) is 13.7. The summed E-state index contributed by atoms with van der Waals surface area (Å²) in [5.41, 5.74) is 0.465. The molecule has 1 aliphatic heterocycles. The van der Waals surface area contributed by atoms with Gasteiger partial charge in [-0.3, -0.25) is 10.1 Å². The van der Waals surface area contributed by atoms with E-state index in [0.717, 1.165) is 0 Å². The lowest BCUT2D eigenvalue weighted by Gasteiger charge is -2.11. The van der Waals surface area contributed by atoms with Crippen molar-refractivity contribution in [3.8, 4) is 11.5 Å². The van der Waals surface area contributed by atoms with Crippen molar-refractivity contribution in [3.63, 3.8) is 0 Å². The molecular weight excluding hydrogens is 312 g/mol. The number of hydrogen-bond acceptors (Lipinski definition) is 6. The molecule has 0 atom stereocenters. The molecule has 1 N–H and O–H groups in total. The van der Waals surface area contributed by atoms with E-state index >= 15 is 0 Å². The highest BCUT2D eigenvalue weighted by molar-refractivity contribution is 6.04. The Kier molecular flexibility index (Phi) is 5.53. The molecule has 7 nitrogen and oxygen atoms in total. The third kappa shape index (κ3) is 4.61. The Morgan fingerprint density at radius 1 is 1.29 bits per heavy atom. The van der Waals surface area contributed by atoms with Crippen molar-refractivity contribution in [1.29, 1.82) is 0 Å². The molecule has 1 aromatic rings. The fourth-order valence-corrected chi connectivity index (χ4v) is 2.18. The van der Waals surface area contributed by atoms with E-state index in [2.05, 4.69) is 10.3 Å². The fraction of sp³-hybridized carbons (Fsp3) is 0.529. The Hall–Kier alpha value is -2.28. The van der Waals surface area contributed by atoms with Crippen molar-refractivity contribution in [1.82, 2.24) is 5.32 Å². The van der Waals surface area contributed by atoms with Gasteiger partial charge in [-0.05, 0) is 43.9 Å². The number of benzene rings is 1. The Morgan fingerprint density at radius 3 is 2.92 bits per heavy atom. The summed E-state index contributed by atoms with van der Waals surface area (Å²) in [6, 6.07) is 5.29. The van der Waals surface area contributed by atoms with Crippen LogP contribution in [0.4, 0.5) is 0 Å². The summed E-state index contributed by atoms with van der Waals surface area (Å²) in [6.07, 6.45) is 2.37. The molecule has 1 heterocycles. The van der Waals surface area contributed by atoms with Crippen LogP contribution in [0.3, 0.4) is 0 Å². The third-order valence-electron chi connectivity index (χ3n) is 3.72. The van der Waals surface area contributed by atoms with Gasteiger partial charge in [-0.1, -0.05) is 0 Å². The van der Waals surface area contributed by atoms with Crippen molar-refractivity contribution >= 4 is 11.9 Å². The lowest BCUT2D eigenvalue weighted by Crippen LogP contribution is -2.33. The molecule has 130 valence electrons. The maximum atomic E-state index is 12.4. The molecule has 2 aliphatic rings. The minimum atomic E-state index is -0.292. The van der Waals surface area contributed by atoms with Crippen LogP contribution in [0.25, 0.3) is 0 Å². The van der Waals surface area contributed by atoms with Gasteiger partial charge in [-0.2, -0.15) is 0 Å². The van der Waals surface area contributed by atoms with Gasteiger partial charge in [0.2, 0.25) is 6.79 Å². The van der Waals surface area contributed by atoms with Crippen LogP contribution in [0.1, 0.15) is 30.1 Å². The highest BCUT2D eigenvalue weighted by atomic mass is 16.7. The first-order chi connectivity index (χ1) is 11.8. The average molecular weight is 334 g/mol. The van der Waals surface area contributed by atoms with Gasteiger partial charge in [0.05, 0.1) is 6.61 Å². The van der Waals surface area contributed by atoms with Crippen LogP contribution < -0.4 is 14.8 Å². The number of rotatable bonds is 7. The van der Waals surface area contributed by atoms with Crippen LogP contribution in [-0.4, -0.2) is 45.1 Å². The van der Waals surface area contributed by atoms with Gasteiger partial charge in [-0.25, -0.2) is 4.99 Å². The Balaban J connectivity index is 1.59. The van der Waals surface area contributed by atoms with Crippen LogP contribution >= 0.6 is 0 Å². The van der Waals surface area contributed by atoms with E-state index in [1.165, 1.54) is 12.8 Å². The van der Waals surface area contributed by atoms with Crippen LogP contribution in [0.5, 0.6) is 11.5 Å². The van der Waals surface area contributed by atoms with Crippen LogP contribution in [0, 0.1) is 5.92 Å². The van der Waals surface area contributed by atoms with E-state index in [-0.39, 0.29) is 18.7 Å². The lowest BCUT2D eigenvalue weighted by atomic mass is 10.2. The predicted octanol–water partition coefficient (Wildman–Crippen LogP) is 1.96. The second-order valence-electron chi connectivity index (χ2n) is 5.66. The minimum Gasteiger partial charge on any atom is -0.463 e. The van der Waals surface area contributed by atoms with Gasteiger partial charge >= 0.3 is 0 Å². The van der Waals surface area contributed by atoms with Gasteiger partial charge in [0.15, 0.2) is 11.5 Å². The Labute approximate surface area is 140 Å². The Bertz CT molecular complexity index is 613. The molecule has 1 amide bonds. The van der Waals surface area contributed by atoms with E-state index in [9.17, 15) is 4.79 Å². The summed E-state index contributed by atoms with van der Waals surface area (Å²) < 4.78 is 21.3. The van der Waals surface area contributed by atoms with Crippen LogP contribution in [-0.2, 0) is 9.47 Å². The monoisotopic (exact) mass is 334 g/mol. The molecule has 0 aromatic heterocycles. The molecule has 0 bridgehead atoms. The molecule has 1 aliphatic carbocycles. The quantitative estimate of drug-likeness (QED) is 0.468. The summed E-state index contributed by atoms with van der Waals surface area (Å²) in [7, 11) is 0. The number of ether oxygens (including phenoxy) is 4. The third-order valence-corrected chi connectivity index (χ3v) is 3.72. The second kappa shape index (κ2) is 8.01. The zero-order valence-electron chi connectivity index (χ0n) is 13.7. The van der Waals surface area contributed by atoms with E-state index in [4.69, 9.17) is 18.9 Å². The zero-order chi connectivity index (χ0) is 16.8. The smallest absolute Gasteiger partial charge is 0.291 e. The van der Waals surface area contributed by atoms with Crippen molar-refractivity contribution in [3.05, 3.63) is 23.8 Å². The van der Waals surface area contributed by atoms with E-state index in [0.29, 0.717) is 49.3 Å². The van der Waals surface area contributed by atoms with Crippen molar-refractivity contribution in [2.75, 3.05) is 33.2 Å². The fourth-order valence-electron chi connectivity index (χ4n) is 2.18. The van der Waals surface area contributed by atoms with Crippen molar-refractivity contribution in [2.24, 2.45) is 10.9 Å². The summed E-state index contributed by atoms with van der Waals surface area (Å²) in [6.45, 7) is 4.20. The molecule has 0 unspecified atom stereocenters. The highest BCUT2D eigenvalue weighted by Gasteiger charge is 2.22. The number of carbonyl (C=O) groups excluding carboxylic acids is 1. The first-order valence-corrected chi connectivity index (χ1v) is 8.22. The average Bonchev–Trinajstić information content (AvgIpc) is 3.30. The standard InChI is InChI=1S/C17H22N2O5/c1-2-21-7-8-22-17(18-10-12-3-4-12)19-16(20)13-5-6-14-15(9-13)24-11-23-14/h5-6,9,12H,2-4,7-8,10-11H2,1H3,(H,18,19,20). The van der Waals surface area contributed by atoms with Crippen LogP contribution in [0.15, 0.2) is 23.2 Å². The molecule has 24 heavy (non-hydrogen) atoms. The molecule has 7 heteroatoms. The van der Waals surface area contributed by atoms with Crippen molar-refractivity contribution in [2.45, 2.75) is 19.8 Å². The summed E-state index contributed by atoms with van der Waals surface area (Å²) in [4.78, 5) is 16.8. The maximum Gasteiger partial charge on any atom is 0.291 e. The number of aliphatic imine (C=N–C) groups is 1. The number of amidine groups is 1. The maximum absolute atomic E-state index is 12.4. The molecule has 1 fully saturated rings. The number of hydrogen-bond donors (Lipinski definition) is 1. The first-order valence-electron chi connectivity index (χ1n) is 8.22. The molecule has 3 rings (SSSR count). The summed E-state index contributed by atoms with van der Waals surface area (Å²) >= 11 is 0. The highest BCUT2D eigenvalue weighted by Crippen LogP contribution is 2.32. The van der Waals surface area contributed by atoms with Crippen LogP contribution in [0.2, 0.25) is 0 Å². The van der Waals surface area contributed by atoms with Gasteiger partial charge < -0.3 is 18.9 Å². The molecule has 1 saturated carbocycles. The largest absolute Gasteiger partial charge is 0.463 e. The summed E-state index contributed by atoms with van der Waals surface area (Å²) in [5.74, 6) is 1.52. The molecular formula is C17H22N2O5. The molecule has 0 spiro atoms. The number of fused-ring (bicyclic) bond motifs is 1. The van der Waals surface area contributed by atoms with E-state index < -0.39 is 0 Å². The molecule has 0 radical (unpaired) electrons. The van der Waals surface area contributed by atoms with Gasteiger partial charge in [0.25, 0.3) is 11.9 Å². The first kappa shape index (κ1) is 16.6. The number of nitrogens with zero attached hydrogens (tertiary/aromatic N) is 1. The van der Waals surface area contributed by atoms with Gasteiger partial charge in [0.1, 0.15) is 6.61 Å². The van der Waals surface area contributed by atoms with Gasteiger partial charge in [0, 0.05) is 18.7 Å². The van der Waals surface area contributed by atoms with Crippen molar-refractivity contribution < 1.29 is 23.7 Å². The number of nitrogens with one attached hydrogen (secondary N) is 1.